The standard InChI is InChI=1S/C34H28N8O5.Na/c1-19-16-28(32(36)33(31(19)35)42-39-23-8-2-20(3-9-23)17-30(44)45)41-38-25-12-6-22(7-13-25)21-4-10-24(11-5-21)37-40-26-14-15-29(43)27(18-26)34(46)47;/h2-16,18,43H,17,35-36H2,1H3,(H,44,45)(H,46,47);/q;+1. The number of anilines is 2. The molecular formula is C34H28N8NaO5+. The molecule has 0 spiro atoms. The predicted molar refractivity (Wildman–Crippen MR) is 177 cm³/mol. The third-order valence-electron chi connectivity index (χ3n) is 6.95. The van der Waals surface area contributed by atoms with Crippen LogP contribution in [-0.2, 0) is 11.2 Å². The zero-order chi connectivity index (χ0) is 33.5. The molecular weight excluding hydrogens is 623 g/mol. The Morgan fingerprint density at radius 2 is 1.10 bits per heavy atom. The molecule has 48 heavy (non-hydrogen) atoms. The van der Waals surface area contributed by atoms with Crippen LogP contribution >= 0.6 is 0 Å². The molecule has 0 aromatic heterocycles. The van der Waals surface area contributed by atoms with Crippen LogP contribution in [0.2, 0.25) is 0 Å². The van der Waals surface area contributed by atoms with Gasteiger partial charge < -0.3 is 26.8 Å². The average Bonchev–Trinajstić information content (AvgIpc) is 3.06. The molecule has 5 aromatic rings. The third-order valence-corrected chi connectivity index (χ3v) is 6.95. The number of carboxylic acid groups (broad SMARTS) is 2. The molecule has 0 bridgehead atoms. The van der Waals surface area contributed by atoms with Crippen LogP contribution in [0.1, 0.15) is 21.5 Å². The number of benzene rings is 5. The Morgan fingerprint density at radius 3 is 1.65 bits per heavy atom. The maximum Gasteiger partial charge on any atom is 1.00 e. The summed E-state index contributed by atoms with van der Waals surface area (Å²) in [5.41, 5.74) is 18.7. The Kier molecular flexibility index (Phi) is 11.5. The van der Waals surface area contributed by atoms with E-state index in [1.54, 1.807) is 49.4 Å². The Bertz CT molecular complexity index is 2050. The van der Waals surface area contributed by atoms with Gasteiger partial charge in [0.2, 0.25) is 0 Å². The zero-order valence-corrected chi connectivity index (χ0v) is 27.9. The van der Waals surface area contributed by atoms with Crippen molar-refractivity contribution in [2.45, 2.75) is 13.3 Å². The average molecular weight is 652 g/mol. The third kappa shape index (κ3) is 8.73. The van der Waals surface area contributed by atoms with Crippen molar-refractivity contribution >= 4 is 57.4 Å². The van der Waals surface area contributed by atoms with E-state index in [0.717, 1.165) is 11.1 Å². The monoisotopic (exact) mass is 651 g/mol. The first kappa shape index (κ1) is 35.1. The van der Waals surface area contributed by atoms with Crippen LogP contribution in [0.4, 0.5) is 45.5 Å². The van der Waals surface area contributed by atoms with Crippen LogP contribution in [-0.4, -0.2) is 27.3 Å². The van der Waals surface area contributed by atoms with E-state index < -0.39 is 11.9 Å². The van der Waals surface area contributed by atoms with E-state index in [-0.39, 0.29) is 58.7 Å². The SMILES string of the molecule is Cc1cc(N=Nc2ccc(-c3ccc(N=Nc4ccc(O)c(C(=O)O)c4)cc3)cc2)c(N)c(N=Nc2ccc(CC(=O)O)cc2)c1N.[Na+]. The number of aryl methyl sites for hydroxylation is 1. The maximum atomic E-state index is 11.2. The van der Waals surface area contributed by atoms with Gasteiger partial charge in [-0.05, 0) is 89.8 Å². The van der Waals surface area contributed by atoms with E-state index in [2.05, 4.69) is 30.7 Å². The van der Waals surface area contributed by atoms with Gasteiger partial charge in [-0.15, -0.1) is 10.2 Å². The minimum absolute atomic E-state index is 0. The molecule has 0 aliphatic heterocycles. The molecule has 7 N–H and O–H groups in total. The Labute approximate surface area is 296 Å². The molecule has 0 saturated heterocycles. The number of nitrogen functional groups attached to an aromatic ring is 2. The van der Waals surface area contributed by atoms with Gasteiger partial charge in [0.1, 0.15) is 22.7 Å². The number of carboxylic acids is 2. The first-order valence-electron chi connectivity index (χ1n) is 14.1. The second kappa shape index (κ2) is 15.7. The number of hydrogen-bond donors (Lipinski definition) is 5. The zero-order valence-electron chi connectivity index (χ0n) is 25.9. The van der Waals surface area contributed by atoms with E-state index in [1.165, 1.54) is 18.2 Å². The largest absolute Gasteiger partial charge is 1.00 e. The summed E-state index contributed by atoms with van der Waals surface area (Å²) in [4.78, 5) is 22.1. The van der Waals surface area contributed by atoms with Crippen LogP contribution in [0.15, 0.2) is 128 Å². The quantitative estimate of drug-likeness (QED) is 0.0676. The molecule has 0 heterocycles. The second-order valence-corrected chi connectivity index (χ2v) is 10.3. The Morgan fingerprint density at radius 1 is 0.625 bits per heavy atom. The fourth-order valence-corrected chi connectivity index (χ4v) is 4.39. The van der Waals surface area contributed by atoms with Gasteiger partial charge in [-0.2, -0.15) is 20.5 Å². The molecule has 5 rings (SSSR count). The minimum atomic E-state index is -1.26. The van der Waals surface area contributed by atoms with E-state index in [0.29, 0.717) is 45.3 Å². The topological polar surface area (TPSA) is 221 Å². The summed E-state index contributed by atoms with van der Waals surface area (Å²) in [6, 6.07) is 27.1. The van der Waals surface area contributed by atoms with Crippen LogP contribution in [0.25, 0.3) is 11.1 Å². The number of aliphatic carboxylic acids is 1. The summed E-state index contributed by atoms with van der Waals surface area (Å²) in [6.45, 7) is 1.80. The fourth-order valence-electron chi connectivity index (χ4n) is 4.39. The maximum absolute atomic E-state index is 11.2. The van der Waals surface area contributed by atoms with E-state index in [1.807, 2.05) is 36.4 Å². The predicted octanol–water partition coefficient (Wildman–Crippen LogP) is 6.11. The van der Waals surface area contributed by atoms with Crippen LogP contribution in [0, 0.1) is 6.92 Å². The first-order chi connectivity index (χ1) is 22.6. The van der Waals surface area contributed by atoms with Gasteiger partial charge in [0, 0.05) is 0 Å². The van der Waals surface area contributed by atoms with Crippen molar-refractivity contribution in [2.24, 2.45) is 30.7 Å². The van der Waals surface area contributed by atoms with Crippen LogP contribution < -0.4 is 41.0 Å². The summed E-state index contributed by atoms with van der Waals surface area (Å²) < 4.78 is 0. The molecule has 234 valence electrons. The van der Waals surface area contributed by atoms with Crippen molar-refractivity contribution in [1.29, 1.82) is 0 Å². The molecule has 5 aromatic carbocycles. The van der Waals surface area contributed by atoms with Gasteiger partial charge in [0.15, 0.2) is 0 Å². The smallest absolute Gasteiger partial charge is 0.507 e. The number of phenols is 1. The van der Waals surface area contributed by atoms with Gasteiger partial charge in [-0.3, -0.25) is 4.79 Å². The molecule has 0 aliphatic carbocycles. The number of azo groups is 3. The molecule has 0 amide bonds. The first-order valence-corrected chi connectivity index (χ1v) is 14.1. The summed E-state index contributed by atoms with van der Waals surface area (Å²) in [7, 11) is 0. The van der Waals surface area contributed by atoms with Crippen molar-refractivity contribution in [1.82, 2.24) is 0 Å². The van der Waals surface area contributed by atoms with Gasteiger partial charge in [-0.1, -0.05) is 36.4 Å². The Balaban J connectivity index is 0.00000520. The number of aromatic carboxylic acids is 1. The van der Waals surface area contributed by atoms with Crippen molar-refractivity contribution in [3.63, 3.8) is 0 Å². The molecule has 0 saturated carbocycles. The van der Waals surface area contributed by atoms with E-state index >= 15 is 0 Å². The molecule has 0 unspecified atom stereocenters. The van der Waals surface area contributed by atoms with E-state index in [4.69, 9.17) is 21.7 Å². The number of nitrogens with zero attached hydrogens (tertiary/aromatic N) is 6. The minimum Gasteiger partial charge on any atom is -0.507 e. The van der Waals surface area contributed by atoms with Gasteiger partial charge in [-0.25, -0.2) is 4.79 Å². The van der Waals surface area contributed by atoms with Crippen molar-refractivity contribution in [2.75, 3.05) is 11.5 Å². The van der Waals surface area contributed by atoms with Crippen molar-refractivity contribution < 1.29 is 54.5 Å². The number of hydrogen-bond acceptors (Lipinski definition) is 11. The second-order valence-electron chi connectivity index (χ2n) is 10.3. The van der Waals surface area contributed by atoms with Crippen LogP contribution in [0.3, 0.4) is 0 Å². The number of carbonyl (C=O) groups is 2. The molecule has 0 fully saturated rings. The van der Waals surface area contributed by atoms with Gasteiger partial charge in [0.05, 0.1) is 40.5 Å². The fraction of sp³-hybridized carbons (Fsp3) is 0.0588. The van der Waals surface area contributed by atoms with E-state index in [9.17, 15) is 14.7 Å². The molecule has 14 heteroatoms. The molecule has 13 nitrogen and oxygen atoms in total. The number of aromatic hydroxyl groups is 1. The normalized spacial score (nSPS) is 11.3. The summed E-state index contributed by atoms with van der Waals surface area (Å²) in [5.74, 6) is -2.52. The van der Waals surface area contributed by atoms with Crippen molar-refractivity contribution in [3.05, 3.63) is 114 Å². The molecule has 0 atom stereocenters. The summed E-state index contributed by atoms with van der Waals surface area (Å²) in [6.07, 6.45) is -0.0862. The summed E-state index contributed by atoms with van der Waals surface area (Å²) >= 11 is 0. The van der Waals surface area contributed by atoms with Crippen LogP contribution in [0.5, 0.6) is 5.75 Å². The summed E-state index contributed by atoms with van der Waals surface area (Å²) in [5, 5.41) is 53.1. The van der Waals surface area contributed by atoms with Gasteiger partial charge in [0.25, 0.3) is 0 Å². The van der Waals surface area contributed by atoms with Gasteiger partial charge >= 0.3 is 41.5 Å². The Hall–Kier alpha value is -5.76. The molecule has 0 aliphatic rings. The van der Waals surface area contributed by atoms with Crippen molar-refractivity contribution in [3.8, 4) is 16.9 Å². The number of nitrogens with two attached hydrogens (primary N) is 2. The molecule has 0 radical (unpaired) electrons. The number of rotatable bonds is 10.